The summed E-state index contributed by atoms with van der Waals surface area (Å²) in [6, 6.07) is 7.32. The molecule has 1 aromatic heterocycles. The van der Waals surface area contributed by atoms with Crippen LogP contribution in [0.1, 0.15) is 23.9 Å². The largest absolute Gasteiger partial charge is 0.495 e. The first-order chi connectivity index (χ1) is 15.6. The van der Waals surface area contributed by atoms with Crippen LogP contribution in [0.15, 0.2) is 39.9 Å². The summed E-state index contributed by atoms with van der Waals surface area (Å²) >= 11 is 7.07. The van der Waals surface area contributed by atoms with Crippen molar-refractivity contribution in [3.63, 3.8) is 0 Å². The highest BCUT2D eigenvalue weighted by Crippen LogP contribution is 2.32. The average Bonchev–Trinajstić information content (AvgIpc) is 3.32. The van der Waals surface area contributed by atoms with E-state index in [4.69, 9.17) is 21.7 Å². The van der Waals surface area contributed by atoms with E-state index in [1.807, 2.05) is 30.5 Å². The Hall–Kier alpha value is -2.89. The van der Waals surface area contributed by atoms with E-state index in [2.05, 4.69) is 10.1 Å². The lowest BCUT2D eigenvalue weighted by molar-refractivity contribution is -0.114. The number of thioether (sulfide) groups is 1. The van der Waals surface area contributed by atoms with Crippen LogP contribution in [0.5, 0.6) is 5.75 Å². The number of hydrogen-bond donors (Lipinski definition) is 1. The van der Waals surface area contributed by atoms with Crippen molar-refractivity contribution in [1.29, 1.82) is 5.41 Å². The van der Waals surface area contributed by atoms with Crippen LogP contribution in [0.4, 0.5) is 0 Å². The number of aryl methyl sites for hydroxylation is 1. The number of carbonyl (C=O) groups excluding carboxylic acids is 1. The molecule has 9 nitrogen and oxygen atoms in total. The molecule has 1 aromatic carbocycles. The van der Waals surface area contributed by atoms with Crippen molar-refractivity contribution in [3.8, 4) is 11.4 Å². The second-order valence-corrected chi connectivity index (χ2v) is 11.1. The monoisotopic (exact) mass is 505 g/mol. The summed E-state index contributed by atoms with van der Waals surface area (Å²) in [5, 5.41) is 14.1. The van der Waals surface area contributed by atoms with Crippen LogP contribution in [0.3, 0.4) is 0 Å². The maximum Gasteiger partial charge on any atom is 0.283 e. The van der Waals surface area contributed by atoms with E-state index in [0.29, 0.717) is 16.3 Å². The summed E-state index contributed by atoms with van der Waals surface area (Å²) in [5.41, 5.74) is 3.27. The molecular weight excluding hydrogens is 486 g/mol. The van der Waals surface area contributed by atoms with Crippen molar-refractivity contribution in [1.82, 2.24) is 9.58 Å². The van der Waals surface area contributed by atoms with Crippen molar-refractivity contribution in [3.05, 3.63) is 51.8 Å². The van der Waals surface area contributed by atoms with Crippen molar-refractivity contribution in [2.75, 3.05) is 12.9 Å². The molecule has 0 aliphatic carbocycles. The number of nitrogens with zero attached hydrogens (tertiary/aromatic N) is 4. The smallest absolute Gasteiger partial charge is 0.283 e. The van der Waals surface area contributed by atoms with Gasteiger partial charge in [0.2, 0.25) is 19.4 Å². The number of aromatic nitrogens is 1. The van der Waals surface area contributed by atoms with Crippen LogP contribution in [0, 0.1) is 19.3 Å². The first-order valence-electron chi connectivity index (χ1n) is 9.83. The molecule has 3 heterocycles. The molecule has 172 valence electrons. The number of carbonyl (C=O) groups is 1. The number of hydrogen-bond acceptors (Lipinski definition) is 7. The molecule has 0 saturated carbocycles. The van der Waals surface area contributed by atoms with E-state index >= 15 is 0 Å². The summed E-state index contributed by atoms with van der Waals surface area (Å²) in [5.74, 6) is -0.420. The number of benzene rings is 1. The molecule has 2 aliphatic rings. The van der Waals surface area contributed by atoms with Crippen molar-refractivity contribution >= 4 is 60.6 Å². The van der Waals surface area contributed by atoms with Crippen molar-refractivity contribution in [2.45, 2.75) is 20.8 Å². The lowest BCUT2D eigenvalue weighted by atomic mass is 10.1. The molecule has 0 unspecified atom stereocenters. The van der Waals surface area contributed by atoms with Crippen LogP contribution in [0.2, 0.25) is 5.02 Å². The number of halogens is 1. The van der Waals surface area contributed by atoms with Gasteiger partial charge in [-0.25, -0.2) is 8.42 Å². The van der Waals surface area contributed by atoms with Gasteiger partial charge in [-0.2, -0.15) is 10.0 Å². The third-order valence-electron chi connectivity index (χ3n) is 5.25. The second kappa shape index (κ2) is 8.47. The standard InChI is InChI=1S/C21H20ClN5O4S2/c1-5-33(29,30)21-25-27-18(23)15(19(28)24-20(27)32-21)9-13-8-11(2)26(12(13)3)14-6-7-17(31-4)16(22)10-14/h6-10,23H,5H2,1-4H3/b15-9-,23-18?. The fourth-order valence-corrected chi connectivity index (χ4v) is 5.92. The van der Waals surface area contributed by atoms with E-state index < -0.39 is 15.7 Å². The molecule has 2 aliphatic heterocycles. The van der Waals surface area contributed by atoms with Gasteiger partial charge in [0.15, 0.2) is 5.84 Å². The Bertz CT molecular complexity index is 1410. The summed E-state index contributed by atoms with van der Waals surface area (Å²) in [4.78, 5) is 16.6. The highest BCUT2D eigenvalue weighted by Gasteiger charge is 2.39. The topological polar surface area (TPSA) is 117 Å². The molecule has 0 radical (unpaired) electrons. The van der Waals surface area contributed by atoms with E-state index in [1.54, 1.807) is 25.3 Å². The van der Waals surface area contributed by atoms with E-state index in [-0.39, 0.29) is 26.7 Å². The predicted molar refractivity (Wildman–Crippen MR) is 131 cm³/mol. The van der Waals surface area contributed by atoms with E-state index in [9.17, 15) is 13.2 Å². The molecule has 1 N–H and O–H groups in total. The van der Waals surface area contributed by atoms with Gasteiger partial charge < -0.3 is 9.30 Å². The Kier molecular flexibility index (Phi) is 5.97. The minimum atomic E-state index is -3.58. The maximum absolute atomic E-state index is 12.7. The zero-order valence-electron chi connectivity index (χ0n) is 18.2. The van der Waals surface area contributed by atoms with Crippen LogP contribution >= 0.6 is 23.4 Å². The number of rotatable bonds is 4. The van der Waals surface area contributed by atoms with Crippen LogP contribution in [0.25, 0.3) is 11.8 Å². The van der Waals surface area contributed by atoms with Gasteiger partial charge in [0, 0.05) is 17.1 Å². The molecule has 12 heteroatoms. The zero-order chi connectivity index (χ0) is 24.1. The van der Waals surface area contributed by atoms with E-state index in [1.165, 1.54) is 6.92 Å². The number of aliphatic imine (C=N–C) groups is 1. The first-order valence-corrected chi connectivity index (χ1v) is 12.7. The fourth-order valence-electron chi connectivity index (χ4n) is 3.50. The Morgan fingerprint density at radius 3 is 2.64 bits per heavy atom. The maximum atomic E-state index is 12.7. The Labute approximate surface area is 200 Å². The molecule has 0 atom stereocenters. The summed E-state index contributed by atoms with van der Waals surface area (Å²) in [7, 11) is -2.04. The number of nitrogens with one attached hydrogen (secondary N) is 1. The lowest BCUT2D eigenvalue weighted by Gasteiger charge is -2.20. The Balaban J connectivity index is 1.74. The average molecular weight is 506 g/mol. The van der Waals surface area contributed by atoms with Crippen LogP contribution in [-0.4, -0.2) is 52.1 Å². The van der Waals surface area contributed by atoms with Gasteiger partial charge >= 0.3 is 0 Å². The Morgan fingerprint density at radius 2 is 2.00 bits per heavy atom. The molecule has 1 amide bonds. The van der Waals surface area contributed by atoms with E-state index in [0.717, 1.165) is 33.8 Å². The third kappa shape index (κ3) is 4.00. The summed E-state index contributed by atoms with van der Waals surface area (Å²) < 4.78 is 31.4. The van der Waals surface area contributed by atoms with Gasteiger partial charge in [-0.15, -0.1) is 5.10 Å². The number of hydrazone groups is 1. The number of methoxy groups -OCH3 is 1. The summed E-state index contributed by atoms with van der Waals surface area (Å²) in [6.45, 7) is 5.31. The zero-order valence-corrected chi connectivity index (χ0v) is 20.6. The quantitative estimate of drug-likeness (QED) is 0.632. The van der Waals surface area contributed by atoms with Gasteiger partial charge in [0.25, 0.3) is 5.91 Å². The number of sulfone groups is 1. The van der Waals surface area contributed by atoms with Gasteiger partial charge in [0.1, 0.15) is 5.75 Å². The minimum absolute atomic E-state index is 0.0197. The molecule has 0 fully saturated rings. The number of ether oxygens (including phenoxy) is 1. The third-order valence-corrected chi connectivity index (χ3v) is 8.63. The fraction of sp³-hybridized carbons (Fsp3) is 0.238. The molecule has 4 rings (SSSR count). The molecule has 2 aromatic rings. The lowest BCUT2D eigenvalue weighted by Crippen LogP contribution is -2.35. The van der Waals surface area contributed by atoms with Crippen LogP contribution in [-0.2, 0) is 14.6 Å². The second-order valence-electron chi connectivity index (χ2n) is 7.27. The molecule has 33 heavy (non-hydrogen) atoms. The molecular formula is C21H20ClN5O4S2. The highest BCUT2D eigenvalue weighted by atomic mass is 35.5. The number of amides is 1. The number of amidine groups is 2. The van der Waals surface area contributed by atoms with Crippen LogP contribution < -0.4 is 4.74 Å². The Morgan fingerprint density at radius 1 is 1.27 bits per heavy atom. The predicted octanol–water partition coefficient (Wildman–Crippen LogP) is 3.77. The van der Waals surface area contributed by atoms with Gasteiger partial charge in [-0.3, -0.25) is 10.2 Å². The molecule has 0 saturated heterocycles. The normalized spacial score (nSPS) is 17.4. The minimum Gasteiger partial charge on any atom is -0.495 e. The van der Waals surface area contributed by atoms with Gasteiger partial charge in [-0.1, -0.05) is 18.5 Å². The van der Waals surface area contributed by atoms with Crippen molar-refractivity contribution in [2.24, 2.45) is 10.1 Å². The molecule has 0 spiro atoms. The summed E-state index contributed by atoms with van der Waals surface area (Å²) in [6.07, 6.45) is 1.57. The SMILES string of the molecule is CCS(=O)(=O)C1=NN2C(=N)/C(=C/c3cc(C)n(-c4ccc(OC)c(Cl)c4)c3C)C(=O)N=C2S1. The first kappa shape index (κ1) is 23.3. The highest BCUT2D eigenvalue weighted by molar-refractivity contribution is 8.42. The number of fused-ring (bicyclic) bond motifs is 1. The van der Waals surface area contributed by atoms with Gasteiger partial charge in [0.05, 0.1) is 23.5 Å². The van der Waals surface area contributed by atoms with Gasteiger partial charge in [-0.05, 0) is 61.5 Å². The molecule has 0 bridgehead atoms. The van der Waals surface area contributed by atoms with Crippen molar-refractivity contribution < 1.29 is 17.9 Å².